The van der Waals surface area contributed by atoms with E-state index >= 15 is 0 Å². The van der Waals surface area contributed by atoms with Crippen molar-refractivity contribution in [3.05, 3.63) is 30.1 Å². The molecule has 1 unspecified atom stereocenters. The van der Waals surface area contributed by atoms with Gasteiger partial charge >= 0.3 is 0 Å². The largest absolute Gasteiger partial charge is 0.325 e. The Morgan fingerprint density at radius 3 is 2.84 bits per heavy atom. The first-order valence-electron chi connectivity index (χ1n) is 5.94. The molecular formula is C12H15FN2O3S. The number of amides is 1. The predicted octanol–water partition coefficient (Wildman–Crippen LogP) is 0.541. The summed E-state index contributed by atoms with van der Waals surface area (Å²) in [4.78, 5) is 11.6. The molecule has 0 aromatic heterocycles. The molecule has 104 valence electrons. The van der Waals surface area contributed by atoms with E-state index in [9.17, 15) is 17.6 Å². The van der Waals surface area contributed by atoms with Crippen molar-refractivity contribution in [2.75, 3.05) is 23.4 Å². The Kier molecular flexibility index (Phi) is 4.16. The van der Waals surface area contributed by atoms with E-state index < -0.39 is 15.7 Å². The summed E-state index contributed by atoms with van der Waals surface area (Å²) in [5.41, 5.74) is 0.380. The van der Waals surface area contributed by atoms with Crippen LogP contribution in [0, 0.1) is 5.82 Å². The lowest BCUT2D eigenvalue weighted by Crippen LogP contribution is -2.36. The van der Waals surface area contributed by atoms with Crippen molar-refractivity contribution in [2.45, 2.75) is 12.5 Å². The molecule has 1 aromatic rings. The van der Waals surface area contributed by atoms with Crippen LogP contribution in [0.2, 0.25) is 0 Å². The van der Waals surface area contributed by atoms with E-state index in [2.05, 4.69) is 10.6 Å². The van der Waals surface area contributed by atoms with Crippen molar-refractivity contribution in [1.82, 2.24) is 5.32 Å². The maximum atomic E-state index is 12.9. The molecule has 1 amide bonds. The average molecular weight is 286 g/mol. The number of nitrogens with one attached hydrogen (secondary N) is 2. The number of halogens is 1. The van der Waals surface area contributed by atoms with Gasteiger partial charge in [0, 0.05) is 11.7 Å². The standard InChI is InChI=1S/C12H15FN2O3S/c13-9-2-1-3-10(6-9)15-12(16)7-14-11-4-5-19(17,18)8-11/h1-3,6,11,14H,4-5,7-8H2,(H,15,16). The van der Waals surface area contributed by atoms with Gasteiger partial charge in [-0.15, -0.1) is 0 Å². The number of sulfone groups is 1. The van der Waals surface area contributed by atoms with Crippen LogP contribution in [0.5, 0.6) is 0 Å². The number of hydrogen-bond acceptors (Lipinski definition) is 4. The molecule has 7 heteroatoms. The van der Waals surface area contributed by atoms with Crippen molar-refractivity contribution >= 4 is 21.4 Å². The molecule has 1 saturated heterocycles. The minimum Gasteiger partial charge on any atom is -0.325 e. The van der Waals surface area contributed by atoms with Gasteiger partial charge in [0.25, 0.3) is 0 Å². The molecule has 1 heterocycles. The van der Waals surface area contributed by atoms with Gasteiger partial charge in [-0.1, -0.05) is 6.07 Å². The van der Waals surface area contributed by atoms with Crippen LogP contribution >= 0.6 is 0 Å². The lowest BCUT2D eigenvalue weighted by molar-refractivity contribution is -0.115. The normalized spacial score (nSPS) is 21.2. The molecule has 2 N–H and O–H groups in total. The highest BCUT2D eigenvalue weighted by Gasteiger charge is 2.27. The molecule has 1 atom stereocenters. The van der Waals surface area contributed by atoms with Gasteiger partial charge in [-0.05, 0) is 24.6 Å². The monoisotopic (exact) mass is 286 g/mol. The van der Waals surface area contributed by atoms with Crippen LogP contribution in [0.25, 0.3) is 0 Å². The first kappa shape index (κ1) is 14.0. The molecule has 1 aliphatic heterocycles. The van der Waals surface area contributed by atoms with Crippen molar-refractivity contribution in [2.24, 2.45) is 0 Å². The third-order valence-corrected chi connectivity index (χ3v) is 4.66. The Morgan fingerprint density at radius 1 is 1.42 bits per heavy atom. The smallest absolute Gasteiger partial charge is 0.238 e. The number of carbonyl (C=O) groups excluding carboxylic acids is 1. The van der Waals surface area contributed by atoms with Crippen LogP contribution in [0.1, 0.15) is 6.42 Å². The summed E-state index contributed by atoms with van der Waals surface area (Å²) < 4.78 is 35.4. The molecule has 0 saturated carbocycles. The summed E-state index contributed by atoms with van der Waals surface area (Å²) in [6, 6.07) is 5.42. The highest BCUT2D eigenvalue weighted by molar-refractivity contribution is 7.91. The second kappa shape index (κ2) is 5.66. The molecule has 0 radical (unpaired) electrons. The molecule has 1 aromatic carbocycles. The number of hydrogen-bond donors (Lipinski definition) is 2. The summed E-state index contributed by atoms with van der Waals surface area (Å²) in [6.45, 7) is 0.0106. The highest BCUT2D eigenvalue weighted by atomic mass is 32.2. The van der Waals surface area contributed by atoms with Crippen LogP contribution in [0.3, 0.4) is 0 Å². The van der Waals surface area contributed by atoms with E-state index in [0.29, 0.717) is 12.1 Å². The second-order valence-corrected chi connectivity index (χ2v) is 6.77. The zero-order chi connectivity index (χ0) is 13.9. The van der Waals surface area contributed by atoms with Crippen LogP contribution < -0.4 is 10.6 Å². The molecule has 19 heavy (non-hydrogen) atoms. The van der Waals surface area contributed by atoms with Gasteiger partial charge in [0.1, 0.15) is 5.82 Å². The SMILES string of the molecule is O=C(CNC1CCS(=O)(=O)C1)Nc1cccc(F)c1. The third-order valence-electron chi connectivity index (χ3n) is 2.89. The molecular weight excluding hydrogens is 271 g/mol. The van der Waals surface area contributed by atoms with Crippen LogP contribution in [-0.4, -0.2) is 38.4 Å². The summed E-state index contributed by atoms with van der Waals surface area (Å²) >= 11 is 0. The van der Waals surface area contributed by atoms with Crippen LogP contribution in [0.4, 0.5) is 10.1 Å². The number of anilines is 1. The summed E-state index contributed by atoms with van der Waals surface area (Å²) in [6.07, 6.45) is 0.523. The molecule has 1 aliphatic rings. The van der Waals surface area contributed by atoms with E-state index in [0.717, 1.165) is 0 Å². The molecule has 0 bridgehead atoms. The molecule has 0 spiro atoms. The van der Waals surface area contributed by atoms with Gasteiger partial charge < -0.3 is 10.6 Å². The van der Waals surface area contributed by atoms with E-state index in [4.69, 9.17) is 0 Å². The molecule has 2 rings (SSSR count). The van der Waals surface area contributed by atoms with Gasteiger partial charge in [-0.25, -0.2) is 12.8 Å². The Balaban J connectivity index is 1.79. The Morgan fingerprint density at radius 2 is 2.21 bits per heavy atom. The fourth-order valence-electron chi connectivity index (χ4n) is 1.96. The fourth-order valence-corrected chi connectivity index (χ4v) is 3.67. The minimum atomic E-state index is -2.95. The molecule has 1 fully saturated rings. The predicted molar refractivity (Wildman–Crippen MR) is 70.1 cm³/mol. The van der Waals surface area contributed by atoms with Crippen molar-refractivity contribution in [3.8, 4) is 0 Å². The number of rotatable bonds is 4. The number of benzene rings is 1. The Bertz CT molecular complexity index is 574. The zero-order valence-corrected chi connectivity index (χ0v) is 11.0. The quantitative estimate of drug-likeness (QED) is 0.847. The number of carbonyl (C=O) groups is 1. The van der Waals surface area contributed by atoms with Crippen LogP contribution in [0.15, 0.2) is 24.3 Å². The summed E-state index contributed by atoms with van der Waals surface area (Å²) in [7, 11) is -2.95. The van der Waals surface area contributed by atoms with Gasteiger partial charge in [-0.3, -0.25) is 4.79 Å². The Labute approximate surface area is 111 Å². The van der Waals surface area contributed by atoms with Gasteiger partial charge in [-0.2, -0.15) is 0 Å². The van der Waals surface area contributed by atoms with Crippen LogP contribution in [-0.2, 0) is 14.6 Å². The van der Waals surface area contributed by atoms with Gasteiger partial charge in [0.05, 0.1) is 18.1 Å². The average Bonchev–Trinajstić information content (AvgIpc) is 2.66. The van der Waals surface area contributed by atoms with Crippen molar-refractivity contribution in [1.29, 1.82) is 0 Å². The minimum absolute atomic E-state index is 0.0106. The first-order chi connectivity index (χ1) is 8.94. The van der Waals surface area contributed by atoms with Gasteiger partial charge in [0.2, 0.25) is 5.91 Å². The van der Waals surface area contributed by atoms with E-state index in [-0.39, 0.29) is 30.0 Å². The van der Waals surface area contributed by atoms with Crippen molar-refractivity contribution < 1.29 is 17.6 Å². The van der Waals surface area contributed by atoms with E-state index in [1.165, 1.54) is 18.2 Å². The summed E-state index contributed by atoms with van der Waals surface area (Å²) in [5.74, 6) is -0.515. The summed E-state index contributed by atoms with van der Waals surface area (Å²) in [5, 5.41) is 5.42. The molecule has 0 aliphatic carbocycles. The lowest BCUT2D eigenvalue weighted by atomic mass is 10.2. The van der Waals surface area contributed by atoms with Gasteiger partial charge in [0.15, 0.2) is 9.84 Å². The van der Waals surface area contributed by atoms with Crippen molar-refractivity contribution in [3.63, 3.8) is 0 Å². The fraction of sp³-hybridized carbons (Fsp3) is 0.417. The zero-order valence-electron chi connectivity index (χ0n) is 10.2. The third kappa shape index (κ3) is 4.29. The highest BCUT2D eigenvalue weighted by Crippen LogP contribution is 2.11. The second-order valence-electron chi connectivity index (χ2n) is 4.54. The maximum Gasteiger partial charge on any atom is 0.238 e. The lowest BCUT2D eigenvalue weighted by Gasteiger charge is -2.10. The molecule has 5 nitrogen and oxygen atoms in total. The van der Waals surface area contributed by atoms with E-state index in [1.807, 2.05) is 0 Å². The first-order valence-corrected chi connectivity index (χ1v) is 7.76. The topological polar surface area (TPSA) is 75.3 Å². The Hall–Kier alpha value is -1.47. The maximum absolute atomic E-state index is 12.9. The van der Waals surface area contributed by atoms with E-state index in [1.54, 1.807) is 6.07 Å².